The first kappa shape index (κ1) is 10.1. The number of carbonyl (C=O) groups excluding carboxylic acids is 1. The highest BCUT2D eigenvalue weighted by Crippen LogP contribution is 2.23. The lowest BCUT2D eigenvalue weighted by Crippen LogP contribution is -2.35. The lowest BCUT2D eigenvalue weighted by Gasteiger charge is -2.25. The van der Waals surface area contributed by atoms with Crippen LogP contribution in [0.2, 0.25) is 0 Å². The number of rotatable bonds is 1. The molecule has 1 aliphatic heterocycles. The summed E-state index contributed by atoms with van der Waals surface area (Å²) in [5.74, 6) is 0.238. The molecule has 15 heavy (non-hydrogen) atoms. The van der Waals surface area contributed by atoms with Crippen molar-refractivity contribution in [2.75, 3.05) is 0 Å². The maximum atomic E-state index is 11.6. The second-order valence-corrected chi connectivity index (χ2v) is 4.41. The molecule has 1 aromatic rings. The lowest BCUT2D eigenvalue weighted by atomic mass is 9.89. The number of benzene rings is 1. The first-order chi connectivity index (χ1) is 7.09. The molecule has 0 aliphatic carbocycles. The van der Waals surface area contributed by atoms with Gasteiger partial charge in [0.2, 0.25) is 0 Å². The van der Waals surface area contributed by atoms with Gasteiger partial charge in [0.15, 0.2) is 5.78 Å². The summed E-state index contributed by atoms with van der Waals surface area (Å²) in [7, 11) is 0. The highest BCUT2D eigenvalue weighted by Gasteiger charge is 2.30. The molecule has 2 heteroatoms. The number of hydrogen-bond donors (Lipinski definition) is 0. The van der Waals surface area contributed by atoms with Crippen molar-refractivity contribution in [1.29, 1.82) is 0 Å². The highest BCUT2D eigenvalue weighted by molar-refractivity contribution is 6.07. The predicted octanol–water partition coefficient (Wildman–Crippen LogP) is 2.62. The second kappa shape index (κ2) is 3.61. The van der Waals surface area contributed by atoms with Gasteiger partial charge in [0.25, 0.3) is 0 Å². The SMILES string of the molecule is CC1(C)N=C(c2ccccc2)CCC1=O. The summed E-state index contributed by atoms with van der Waals surface area (Å²) >= 11 is 0. The molecule has 0 radical (unpaired) electrons. The Hall–Kier alpha value is -1.44. The summed E-state index contributed by atoms with van der Waals surface area (Å²) in [5, 5.41) is 0. The van der Waals surface area contributed by atoms with Gasteiger partial charge in [-0.25, -0.2) is 0 Å². The zero-order valence-corrected chi connectivity index (χ0v) is 9.16. The lowest BCUT2D eigenvalue weighted by molar-refractivity contribution is -0.123. The van der Waals surface area contributed by atoms with Gasteiger partial charge in [0.05, 0.1) is 0 Å². The third-order valence-electron chi connectivity index (χ3n) is 2.79. The van der Waals surface area contributed by atoms with Crippen molar-refractivity contribution in [3.05, 3.63) is 35.9 Å². The van der Waals surface area contributed by atoms with Gasteiger partial charge < -0.3 is 0 Å². The molecule has 2 rings (SSSR count). The van der Waals surface area contributed by atoms with E-state index in [2.05, 4.69) is 4.99 Å². The Morgan fingerprint density at radius 2 is 1.80 bits per heavy atom. The molecule has 1 heterocycles. The summed E-state index contributed by atoms with van der Waals surface area (Å²) in [6.07, 6.45) is 1.38. The van der Waals surface area contributed by atoms with Crippen molar-refractivity contribution in [3.63, 3.8) is 0 Å². The minimum Gasteiger partial charge on any atom is -0.297 e. The number of carbonyl (C=O) groups is 1. The first-order valence-electron chi connectivity index (χ1n) is 5.27. The molecule has 0 spiro atoms. The van der Waals surface area contributed by atoms with E-state index in [1.54, 1.807) is 0 Å². The molecular formula is C13H15NO. The van der Waals surface area contributed by atoms with Crippen LogP contribution in [-0.4, -0.2) is 17.0 Å². The minimum atomic E-state index is -0.538. The molecule has 0 amide bonds. The molecule has 0 N–H and O–H groups in total. The predicted molar refractivity (Wildman–Crippen MR) is 61.3 cm³/mol. The van der Waals surface area contributed by atoms with Crippen molar-refractivity contribution >= 4 is 11.5 Å². The zero-order chi connectivity index (χ0) is 10.9. The van der Waals surface area contributed by atoms with Gasteiger partial charge >= 0.3 is 0 Å². The Kier molecular flexibility index (Phi) is 2.43. The fourth-order valence-corrected chi connectivity index (χ4v) is 1.83. The molecule has 78 valence electrons. The standard InChI is InChI=1S/C13H15NO/c1-13(2)12(15)9-8-11(14-13)10-6-4-3-5-7-10/h3-7H,8-9H2,1-2H3. The van der Waals surface area contributed by atoms with Gasteiger partial charge in [-0.05, 0) is 25.8 Å². The Balaban J connectivity index is 2.37. The van der Waals surface area contributed by atoms with E-state index in [9.17, 15) is 4.79 Å². The topological polar surface area (TPSA) is 29.4 Å². The fraction of sp³-hybridized carbons (Fsp3) is 0.385. The van der Waals surface area contributed by atoms with Crippen LogP contribution < -0.4 is 0 Å². The van der Waals surface area contributed by atoms with Crippen LogP contribution in [0.3, 0.4) is 0 Å². The van der Waals surface area contributed by atoms with Crippen LogP contribution in [0.15, 0.2) is 35.3 Å². The Morgan fingerprint density at radius 1 is 1.13 bits per heavy atom. The van der Waals surface area contributed by atoms with E-state index in [-0.39, 0.29) is 5.78 Å². The molecule has 0 aromatic heterocycles. The second-order valence-electron chi connectivity index (χ2n) is 4.41. The third-order valence-corrected chi connectivity index (χ3v) is 2.79. The van der Waals surface area contributed by atoms with Crippen molar-refractivity contribution in [2.45, 2.75) is 32.2 Å². The highest BCUT2D eigenvalue weighted by atomic mass is 16.1. The zero-order valence-electron chi connectivity index (χ0n) is 9.16. The van der Waals surface area contributed by atoms with Crippen LogP contribution >= 0.6 is 0 Å². The number of aliphatic imine (C=N–C) groups is 1. The largest absolute Gasteiger partial charge is 0.297 e. The average Bonchev–Trinajstić information content (AvgIpc) is 2.23. The smallest absolute Gasteiger partial charge is 0.160 e. The minimum absolute atomic E-state index is 0.238. The molecule has 1 aliphatic rings. The Bertz CT molecular complexity index is 404. The van der Waals surface area contributed by atoms with E-state index in [4.69, 9.17) is 0 Å². The number of ketones is 1. The molecule has 0 saturated heterocycles. The van der Waals surface area contributed by atoms with E-state index >= 15 is 0 Å². The normalized spacial score (nSPS) is 19.9. The quantitative estimate of drug-likeness (QED) is 0.686. The maximum absolute atomic E-state index is 11.6. The fourth-order valence-electron chi connectivity index (χ4n) is 1.83. The molecular weight excluding hydrogens is 186 g/mol. The third kappa shape index (κ3) is 1.99. The number of hydrogen-bond acceptors (Lipinski definition) is 2. The van der Waals surface area contributed by atoms with E-state index in [0.29, 0.717) is 6.42 Å². The number of Topliss-reactive ketones (excluding diaryl/α,β-unsaturated/α-hetero) is 1. The van der Waals surface area contributed by atoms with Crippen molar-refractivity contribution in [2.24, 2.45) is 4.99 Å². The van der Waals surface area contributed by atoms with Gasteiger partial charge in [-0.1, -0.05) is 30.3 Å². The Morgan fingerprint density at radius 3 is 2.40 bits per heavy atom. The number of nitrogens with zero attached hydrogens (tertiary/aromatic N) is 1. The molecule has 0 saturated carbocycles. The molecule has 0 fully saturated rings. The summed E-state index contributed by atoms with van der Waals surface area (Å²) in [6, 6.07) is 10.1. The van der Waals surface area contributed by atoms with Crippen LogP contribution in [0.5, 0.6) is 0 Å². The van der Waals surface area contributed by atoms with Gasteiger partial charge in [0, 0.05) is 12.1 Å². The van der Waals surface area contributed by atoms with Crippen LogP contribution in [0.1, 0.15) is 32.3 Å². The molecule has 0 unspecified atom stereocenters. The summed E-state index contributed by atoms with van der Waals surface area (Å²) < 4.78 is 0. The van der Waals surface area contributed by atoms with Crippen molar-refractivity contribution < 1.29 is 4.79 Å². The van der Waals surface area contributed by atoms with Gasteiger partial charge in [0.1, 0.15) is 5.54 Å². The van der Waals surface area contributed by atoms with Crippen molar-refractivity contribution in [3.8, 4) is 0 Å². The summed E-state index contributed by atoms with van der Waals surface area (Å²) in [6.45, 7) is 3.77. The van der Waals surface area contributed by atoms with Crippen LogP contribution in [-0.2, 0) is 4.79 Å². The average molecular weight is 201 g/mol. The summed E-state index contributed by atoms with van der Waals surface area (Å²) in [5.41, 5.74) is 1.65. The summed E-state index contributed by atoms with van der Waals surface area (Å²) in [4.78, 5) is 16.1. The van der Waals surface area contributed by atoms with E-state index < -0.39 is 5.54 Å². The molecule has 2 nitrogen and oxygen atoms in total. The van der Waals surface area contributed by atoms with Crippen LogP contribution in [0.25, 0.3) is 0 Å². The molecule has 0 bridgehead atoms. The Labute approximate surface area is 90.0 Å². The van der Waals surface area contributed by atoms with Gasteiger partial charge in [-0.15, -0.1) is 0 Å². The van der Waals surface area contributed by atoms with Crippen molar-refractivity contribution in [1.82, 2.24) is 0 Å². The van der Waals surface area contributed by atoms with Gasteiger partial charge in [-0.2, -0.15) is 0 Å². The van der Waals surface area contributed by atoms with E-state index in [0.717, 1.165) is 17.7 Å². The monoisotopic (exact) mass is 201 g/mol. The molecule has 0 atom stereocenters. The van der Waals surface area contributed by atoms with Gasteiger partial charge in [-0.3, -0.25) is 9.79 Å². The molecule has 1 aromatic carbocycles. The van der Waals surface area contributed by atoms with Crippen LogP contribution in [0.4, 0.5) is 0 Å². The van der Waals surface area contributed by atoms with E-state index in [1.165, 1.54) is 0 Å². The maximum Gasteiger partial charge on any atom is 0.160 e. The van der Waals surface area contributed by atoms with E-state index in [1.807, 2.05) is 44.2 Å². The van der Waals surface area contributed by atoms with Crippen LogP contribution in [0, 0.1) is 0 Å². The first-order valence-corrected chi connectivity index (χ1v) is 5.27.